The Hall–Kier alpha value is -1.08. The Morgan fingerprint density at radius 1 is 1.67 bits per heavy atom. The fraction of sp³-hybridized carbons (Fsp3) is 0.636. The second-order valence-electron chi connectivity index (χ2n) is 4.72. The molecule has 1 fully saturated rings. The minimum absolute atomic E-state index is 0.279. The van der Waals surface area contributed by atoms with Crippen LogP contribution in [0, 0.1) is 0 Å². The van der Waals surface area contributed by atoms with Gasteiger partial charge in [0.05, 0.1) is 18.3 Å². The van der Waals surface area contributed by atoms with Crippen LogP contribution in [0.4, 0.5) is 13.9 Å². The number of carbonyl (C=O) groups excluding carboxylic acids is 1. The minimum Gasteiger partial charge on any atom is -0.301 e. The third-order valence-electron chi connectivity index (χ3n) is 2.77. The molecule has 18 heavy (non-hydrogen) atoms. The van der Waals surface area contributed by atoms with Gasteiger partial charge in [-0.1, -0.05) is 13.8 Å². The van der Waals surface area contributed by atoms with Crippen LogP contribution < -0.4 is 10.6 Å². The monoisotopic (exact) mass is 275 g/mol. The molecule has 1 saturated heterocycles. The molecule has 1 aromatic rings. The average Bonchev–Trinajstić information content (AvgIpc) is 2.84. The number of rotatable bonds is 3. The topological polar surface area (TPSA) is 54.0 Å². The summed E-state index contributed by atoms with van der Waals surface area (Å²) in [6, 6.07) is -0.841. The highest BCUT2D eigenvalue weighted by molar-refractivity contribution is 7.13. The maximum absolute atomic E-state index is 12.9. The van der Waals surface area contributed by atoms with Crippen molar-refractivity contribution in [3.8, 4) is 0 Å². The first-order valence-electron chi connectivity index (χ1n) is 5.75. The van der Waals surface area contributed by atoms with Gasteiger partial charge < -0.3 is 5.32 Å². The minimum atomic E-state index is -2.80. The standard InChI is InChI=1S/C11H15F2N3OS/c1-6(2)8-4-18-10(15-8)16-9(17)7-3-11(12,13)5-14-7/h4,6-7,14H,3,5H2,1-2H3,(H,15,16,17). The zero-order valence-electron chi connectivity index (χ0n) is 10.2. The van der Waals surface area contributed by atoms with E-state index in [0.29, 0.717) is 5.13 Å². The molecule has 1 unspecified atom stereocenters. The Balaban J connectivity index is 1.95. The van der Waals surface area contributed by atoms with Crippen molar-refractivity contribution in [2.24, 2.45) is 0 Å². The van der Waals surface area contributed by atoms with Crippen molar-refractivity contribution in [1.82, 2.24) is 10.3 Å². The van der Waals surface area contributed by atoms with Crippen molar-refractivity contribution in [3.05, 3.63) is 11.1 Å². The molecular weight excluding hydrogens is 260 g/mol. The fourth-order valence-corrected chi connectivity index (χ4v) is 2.58. The van der Waals surface area contributed by atoms with Gasteiger partial charge in [-0.05, 0) is 5.92 Å². The van der Waals surface area contributed by atoms with E-state index in [1.807, 2.05) is 19.2 Å². The molecule has 1 aliphatic heterocycles. The van der Waals surface area contributed by atoms with Crippen molar-refractivity contribution < 1.29 is 13.6 Å². The molecule has 0 aliphatic carbocycles. The van der Waals surface area contributed by atoms with Gasteiger partial charge in [-0.2, -0.15) is 0 Å². The van der Waals surface area contributed by atoms with Crippen LogP contribution in [0.5, 0.6) is 0 Å². The molecule has 2 rings (SSSR count). The molecule has 2 N–H and O–H groups in total. The molecule has 100 valence electrons. The number of amides is 1. The number of alkyl halides is 2. The van der Waals surface area contributed by atoms with E-state index in [4.69, 9.17) is 0 Å². The number of hydrogen-bond acceptors (Lipinski definition) is 4. The van der Waals surface area contributed by atoms with E-state index in [1.54, 1.807) is 0 Å². The molecule has 0 radical (unpaired) electrons. The molecule has 1 atom stereocenters. The summed E-state index contributed by atoms with van der Waals surface area (Å²) in [4.78, 5) is 16.0. The lowest BCUT2D eigenvalue weighted by Gasteiger charge is -2.09. The molecule has 1 aliphatic rings. The number of nitrogens with one attached hydrogen (secondary N) is 2. The summed E-state index contributed by atoms with van der Waals surface area (Å²) >= 11 is 1.31. The maximum atomic E-state index is 12.9. The number of hydrogen-bond donors (Lipinski definition) is 2. The summed E-state index contributed by atoms with van der Waals surface area (Å²) in [6.07, 6.45) is -0.457. The first kappa shape index (κ1) is 13.4. The third kappa shape index (κ3) is 3.02. The van der Waals surface area contributed by atoms with Gasteiger partial charge in [0, 0.05) is 11.8 Å². The van der Waals surface area contributed by atoms with Crippen LogP contribution >= 0.6 is 11.3 Å². The Kier molecular flexibility index (Phi) is 3.63. The van der Waals surface area contributed by atoms with Gasteiger partial charge in [0.25, 0.3) is 5.92 Å². The first-order chi connectivity index (χ1) is 8.37. The van der Waals surface area contributed by atoms with Crippen molar-refractivity contribution in [2.75, 3.05) is 11.9 Å². The second kappa shape index (κ2) is 4.89. The lowest BCUT2D eigenvalue weighted by Crippen LogP contribution is -2.35. The van der Waals surface area contributed by atoms with Crippen LogP contribution in [0.2, 0.25) is 0 Å². The van der Waals surface area contributed by atoms with E-state index < -0.39 is 30.8 Å². The lowest BCUT2D eigenvalue weighted by molar-refractivity contribution is -0.118. The molecule has 0 spiro atoms. The van der Waals surface area contributed by atoms with Gasteiger partial charge in [0.2, 0.25) is 5.91 Å². The molecular formula is C11H15F2N3OS. The number of aromatic nitrogens is 1. The highest BCUT2D eigenvalue weighted by Crippen LogP contribution is 2.26. The van der Waals surface area contributed by atoms with E-state index >= 15 is 0 Å². The largest absolute Gasteiger partial charge is 0.301 e. The fourth-order valence-electron chi connectivity index (χ4n) is 1.70. The molecule has 1 aromatic heterocycles. The predicted octanol–water partition coefficient (Wildman–Crippen LogP) is 2.20. The second-order valence-corrected chi connectivity index (χ2v) is 5.57. The van der Waals surface area contributed by atoms with E-state index in [2.05, 4.69) is 15.6 Å². The first-order valence-corrected chi connectivity index (χ1v) is 6.63. The van der Waals surface area contributed by atoms with Crippen molar-refractivity contribution in [3.63, 3.8) is 0 Å². The number of nitrogens with zero attached hydrogens (tertiary/aromatic N) is 1. The molecule has 7 heteroatoms. The van der Waals surface area contributed by atoms with Gasteiger partial charge in [-0.15, -0.1) is 11.3 Å². The predicted molar refractivity (Wildman–Crippen MR) is 66.2 cm³/mol. The zero-order valence-corrected chi connectivity index (χ0v) is 11.0. The smallest absolute Gasteiger partial charge is 0.262 e. The Labute approximate surface area is 108 Å². The quantitative estimate of drug-likeness (QED) is 0.889. The SMILES string of the molecule is CC(C)c1csc(NC(=O)C2CC(F)(F)CN2)n1. The van der Waals surface area contributed by atoms with E-state index in [0.717, 1.165) is 5.69 Å². The van der Waals surface area contributed by atoms with Crippen molar-refractivity contribution >= 4 is 22.4 Å². The Morgan fingerprint density at radius 2 is 2.39 bits per heavy atom. The van der Waals surface area contributed by atoms with Crippen molar-refractivity contribution in [1.29, 1.82) is 0 Å². The third-order valence-corrected chi connectivity index (χ3v) is 3.55. The van der Waals surface area contributed by atoms with Crippen LogP contribution in [0.1, 0.15) is 31.9 Å². The van der Waals surface area contributed by atoms with Gasteiger partial charge in [-0.25, -0.2) is 13.8 Å². The summed E-state index contributed by atoms with van der Waals surface area (Å²) in [6.45, 7) is 3.56. The average molecular weight is 275 g/mol. The van der Waals surface area contributed by atoms with Crippen LogP contribution in [-0.4, -0.2) is 29.4 Å². The zero-order chi connectivity index (χ0) is 13.3. The molecule has 0 bridgehead atoms. The molecule has 0 saturated carbocycles. The van der Waals surface area contributed by atoms with Crippen LogP contribution in [0.15, 0.2) is 5.38 Å². The van der Waals surface area contributed by atoms with E-state index in [-0.39, 0.29) is 5.92 Å². The molecule has 2 heterocycles. The summed E-state index contributed by atoms with van der Waals surface area (Å²) in [7, 11) is 0. The number of halogens is 2. The summed E-state index contributed by atoms with van der Waals surface area (Å²) in [5.74, 6) is -2.97. The van der Waals surface area contributed by atoms with E-state index in [9.17, 15) is 13.6 Å². The Morgan fingerprint density at radius 3 is 2.89 bits per heavy atom. The van der Waals surface area contributed by atoms with E-state index in [1.165, 1.54) is 11.3 Å². The molecule has 4 nitrogen and oxygen atoms in total. The van der Waals surface area contributed by atoms with Crippen LogP contribution in [0.3, 0.4) is 0 Å². The lowest BCUT2D eigenvalue weighted by atomic mass is 10.2. The maximum Gasteiger partial charge on any atom is 0.262 e. The van der Waals surface area contributed by atoms with Gasteiger partial charge in [0.15, 0.2) is 5.13 Å². The highest BCUT2D eigenvalue weighted by atomic mass is 32.1. The highest BCUT2D eigenvalue weighted by Gasteiger charge is 2.42. The normalized spacial score (nSPS) is 22.4. The summed E-state index contributed by atoms with van der Waals surface area (Å²) in [5, 5.41) is 7.40. The number of anilines is 1. The van der Waals surface area contributed by atoms with Crippen LogP contribution in [-0.2, 0) is 4.79 Å². The molecule has 0 aromatic carbocycles. The van der Waals surface area contributed by atoms with Gasteiger partial charge in [-0.3, -0.25) is 10.1 Å². The van der Waals surface area contributed by atoms with Gasteiger partial charge in [0.1, 0.15) is 0 Å². The van der Waals surface area contributed by atoms with Crippen molar-refractivity contribution in [2.45, 2.75) is 38.2 Å². The van der Waals surface area contributed by atoms with Gasteiger partial charge >= 0.3 is 0 Å². The number of thiazole rings is 1. The summed E-state index contributed by atoms with van der Waals surface area (Å²) in [5.41, 5.74) is 0.889. The van der Waals surface area contributed by atoms with Crippen LogP contribution in [0.25, 0.3) is 0 Å². The number of carbonyl (C=O) groups is 1. The molecule has 1 amide bonds. The Bertz CT molecular complexity index is 447. The summed E-state index contributed by atoms with van der Waals surface area (Å²) < 4.78 is 25.9.